The highest BCUT2D eigenvalue weighted by Gasteiger charge is 2.31. The second kappa shape index (κ2) is 11.4. The number of rotatable bonds is 9. The van der Waals surface area contributed by atoms with Crippen molar-refractivity contribution in [2.24, 2.45) is 0 Å². The lowest BCUT2D eigenvalue weighted by Crippen LogP contribution is -2.39. The highest BCUT2D eigenvalue weighted by molar-refractivity contribution is 7.92. The number of amides is 1. The van der Waals surface area contributed by atoms with Gasteiger partial charge in [0.1, 0.15) is 0 Å². The zero-order chi connectivity index (χ0) is 23.8. The van der Waals surface area contributed by atoms with Crippen LogP contribution in [0.1, 0.15) is 31.2 Å². The molecule has 0 radical (unpaired) electrons. The minimum absolute atomic E-state index is 0.108. The molecule has 1 N–H and O–H groups in total. The first-order valence-corrected chi connectivity index (χ1v) is 13.4. The second-order valence-electron chi connectivity index (χ2n) is 8.71. The highest BCUT2D eigenvalue weighted by atomic mass is 32.2. The Morgan fingerprint density at radius 1 is 1.03 bits per heavy atom. The summed E-state index contributed by atoms with van der Waals surface area (Å²) in [7, 11) is -3.33. The van der Waals surface area contributed by atoms with Crippen LogP contribution in [0.15, 0.2) is 78.0 Å². The number of sulfone groups is 1. The van der Waals surface area contributed by atoms with Gasteiger partial charge in [-0.3, -0.25) is 9.78 Å². The molecule has 1 saturated heterocycles. The minimum atomic E-state index is -3.33. The zero-order valence-electron chi connectivity index (χ0n) is 19.3. The summed E-state index contributed by atoms with van der Waals surface area (Å²) < 4.78 is 26.4. The molecule has 4 rings (SSSR count). The Morgan fingerprint density at radius 3 is 2.59 bits per heavy atom. The van der Waals surface area contributed by atoms with Crippen molar-refractivity contribution in [2.75, 3.05) is 26.2 Å². The fourth-order valence-electron chi connectivity index (χ4n) is 4.36. The Labute approximate surface area is 201 Å². The summed E-state index contributed by atoms with van der Waals surface area (Å²) in [5.74, 6) is -0.108. The SMILES string of the molecule is O=C(C=Cc1cccnc1)NCCCCN1CCC(S(=O)(=O)c2ccc3ccccc3c2)CC1. The van der Waals surface area contributed by atoms with Gasteiger partial charge in [0.15, 0.2) is 9.84 Å². The molecule has 1 amide bonds. The van der Waals surface area contributed by atoms with Crippen LogP contribution in [0.2, 0.25) is 0 Å². The van der Waals surface area contributed by atoms with E-state index in [1.54, 1.807) is 30.6 Å². The van der Waals surface area contributed by atoms with Gasteiger partial charge >= 0.3 is 0 Å². The number of nitrogens with zero attached hydrogens (tertiary/aromatic N) is 2. The van der Waals surface area contributed by atoms with E-state index in [1.165, 1.54) is 6.08 Å². The summed E-state index contributed by atoms with van der Waals surface area (Å²) in [5, 5.41) is 4.59. The van der Waals surface area contributed by atoms with E-state index in [2.05, 4.69) is 15.2 Å². The molecule has 0 aliphatic carbocycles. The van der Waals surface area contributed by atoms with Gasteiger partial charge in [-0.2, -0.15) is 0 Å². The van der Waals surface area contributed by atoms with Crippen LogP contribution in [0.4, 0.5) is 0 Å². The standard InChI is InChI=1S/C27H31N3O3S/c31-27(12-9-22-6-5-15-28-21-22)29-16-3-4-17-30-18-13-25(14-19-30)34(32,33)26-11-10-23-7-1-2-8-24(23)20-26/h1-2,5-12,15,20-21,25H,3-4,13-14,16-19H2,(H,29,31). The van der Waals surface area contributed by atoms with Gasteiger partial charge in [0, 0.05) is 25.0 Å². The third kappa shape index (κ3) is 6.30. The van der Waals surface area contributed by atoms with Gasteiger partial charge in [-0.25, -0.2) is 8.42 Å². The molecule has 6 nitrogen and oxygen atoms in total. The molecule has 2 aromatic carbocycles. The van der Waals surface area contributed by atoms with E-state index in [4.69, 9.17) is 0 Å². The van der Waals surface area contributed by atoms with Crippen molar-refractivity contribution in [3.63, 3.8) is 0 Å². The van der Waals surface area contributed by atoms with Gasteiger partial charge in [-0.15, -0.1) is 0 Å². The van der Waals surface area contributed by atoms with Crippen LogP contribution < -0.4 is 5.32 Å². The lowest BCUT2D eigenvalue weighted by molar-refractivity contribution is -0.116. The number of piperidine rings is 1. The average Bonchev–Trinajstić information content (AvgIpc) is 2.88. The number of hydrogen-bond acceptors (Lipinski definition) is 5. The van der Waals surface area contributed by atoms with Crippen molar-refractivity contribution in [3.8, 4) is 0 Å². The Kier molecular flexibility index (Phi) is 8.08. The molecule has 1 aliphatic heterocycles. The van der Waals surface area contributed by atoms with Crippen LogP contribution in [-0.2, 0) is 14.6 Å². The lowest BCUT2D eigenvalue weighted by Gasteiger charge is -2.31. The van der Waals surface area contributed by atoms with Crippen molar-refractivity contribution >= 4 is 32.6 Å². The Balaban J connectivity index is 1.17. The molecule has 0 saturated carbocycles. The second-order valence-corrected chi connectivity index (χ2v) is 10.9. The van der Waals surface area contributed by atoms with E-state index in [1.807, 2.05) is 42.5 Å². The van der Waals surface area contributed by atoms with Crippen molar-refractivity contribution in [1.82, 2.24) is 15.2 Å². The normalized spacial score (nSPS) is 15.6. The summed E-state index contributed by atoms with van der Waals surface area (Å²) in [6, 6.07) is 17.0. The fourth-order valence-corrected chi connectivity index (χ4v) is 6.12. The summed E-state index contributed by atoms with van der Waals surface area (Å²) in [5.41, 5.74) is 0.892. The molecular formula is C27H31N3O3S. The molecular weight excluding hydrogens is 446 g/mol. The van der Waals surface area contributed by atoms with Gasteiger partial charge < -0.3 is 10.2 Å². The molecule has 34 heavy (non-hydrogen) atoms. The number of unbranched alkanes of at least 4 members (excludes halogenated alkanes) is 1. The number of pyridine rings is 1. The summed E-state index contributed by atoms with van der Waals surface area (Å²) in [4.78, 5) is 18.7. The quantitative estimate of drug-likeness (QED) is 0.371. The number of carbonyl (C=O) groups excluding carboxylic acids is 1. The number of aromatic nitrogens is 1. The van der Waals surface area contributed by atoms with Crippen LogP contribution in [0.3, 0.4) is 0 Å². The molecule has 1 fully saturated rings. The first-order chi connectivity index (χ1) is 16.5. The van der Waals surface area contributed by atoms with E-state index in [0.29, 0.717) is 24.3 Å². The van der Waals surface area contributed by atoms with E-state index < -0.39 is 9.84 Å². The monoisotopic (exact) mass is 477 g/mol. The van der Waals surface area contributed by atoms with Crippen LogP contribution >= 0.6 is 0 Å². The van der Waals surface area contributed by atoms with Crippen molar-refractivity contribution in [1.29, 1.82) is 0 Å². The molecule has 0 unspecified atom stereocenters. The van der Waals surface area contributed by atoms with Crippen molar-refractivity contribution in [2.45, 2.75) is 35.8 Å². The number of likely N-dealkylation sites (tertiary alicyclic amines) is 1. The van der Waals surface area contributed by atoms with E-state index in [0.717, 1.165) is 48.8 Å². The summed E-state index contributed by atoms with van der Waals surface area (Å²) in [6.45, 7) is 3.13. The number of fused-ring (bicyclic) bond motifs is 1. The van der Waals surface area contributed by atoms with Gasteiger partial charge in [-0.1, -0.05) is 36.4 Å². The van der Waals surface area contributed by atoms with E-state index in [9.17, 15) is 13.2 Å². The van der Waals surface area contributed by atoms with Crippen LogP contribution in [0, 0.1) is 0 Å². The van der Waals surface area contributed by atoms with E-state index in [-0.39, 0.29) is 11.2 Å². The minimum Gasteiger partial charge on any atom is -0.353 e. The highest BCUT2D eigenvalue weighted by Crippen LogP contribution is 2.27. The van der Waals surface area contributed by atoms with Gasteiger partial charge in [0.2, 0.25) is 5.91 Å². The van der Waals surface area contributed by atoms with Gasteiger partial charge in [0.25, 0.3) is 0 Å². The fraction of sp³-hybridized carbons (Fsp3) is 0.333. The maximum atomic E-state index is 13.2. The number of benzene rings is 2. The third-order valence-corrected chi connectivity index (χ3v) is 8.59. The Hall–Kier alpha value is -3.03. The topological polar surface area (TPSA) is 79.4 Å². The predicted molar refractivity (Wildman–Crippen MR) is 136 cm³/mol. The van der Waals surface area contributed by atoms with Crippen LogP contribution in [0.25, 0.3) is 16.8 Å². The van der Waals surface area contributed by atoms with Crippen LogP contribution in [-0.4, -0.2) is 55.6 Å². The molecule has 178 valence electrons. The first-order valence-electron chi connectivity index (χ1n) is 11.8. The molecule has 0 atom stereocenters. The van der Waals surface area contributed by atoms with E-state index >= 15 is 0 Å². The predicted octanol–water partition coefficient (Wildman–Crippen LogP) is 4.08. The smallest absolute Gasteiger partial charge is 0.243 e. The molecule has 2 heterocycles. The van der Waals surface area contributed by atoms with Crippen molar-refractivity contribution < 1.29 is 13.2 Å². The molecule has 1 aromatic heterocycles. The first kappa shape index (κ1) is 24.1. The number of nitrogens with one attached hydrogen (secondary N) is 1. The van der Waals surface area contributed by atoms with Gasteiger partial charge in [0.05, 0.1) is 10.1 Å². The summed E-state index contributed by atoms with van der Waals surface area (Å²) in [6.07, 6.45) is 9.85. The molecule has 3 aromatic rings. The molecule has 0 spiro atoms. The Bertz CT molecular complexity index is 1230. The number of carbonyl (C=O) groups is 1. The summed E-state index contributed by atoms with van der Waals surface area (Å²) >= 11 is 0. The zero-order valence-corrected chi connectivity index (χ0v) is 20.1. The van der Waals surface area contributed by atoms with Crippen molar-refractivity contribution in [3.05, 3.63) is 78.6 Å². The maximum Gasteiger partial charge on any atom is 0.243 e. The van der Waals surface area contributed by atoms with Crippen LogP contribution in [0.5, 0.6) is 0 Å². The maximum absolute atomic E-state index is 13.2. The third-order valence-electron chi connectivity index (χ3n) is 6.33. The average molecular weight is 478 g/mol. The molecule has 0 bridgehead atoms. The van der Waals surface area contributed by atoms with Gasteiger partial charge in [-0.05, 0) is 85.9 Å². The molecule has 1 aliphatic rings. The largest absolute Gasteiger partial charge is 0.353 e. The Morgan fingerprint density at radius 2 is 1.82 bits per heavy atom. The number of hydrogen-bond donors (Lipinski definition) is 1. The lowest BCUT2D eigenvalue weighted by atomic mass is 10.1. The molecule has 7 heteroatoms.